The Morgan fingerprint density at radius 1 is 1.08 bits per heavy atom. The van der Waals surface area contributed by atoms with Crippen molar-refractivity contribution in [1.82, 2.24) is 0 Å². The fraction of sp³-hybridized carbons (Fsp3) is 0.263. The van der Waals surface area contributed by atoms with Gasteiger partial charge in [-0.1, -0.05) is 12.1 Å². The fourth-order valence-electron chi connectivity index (χ4n) is 2.87. The number of anilines is 3. The molecule has 1 saturated heterocycles. The average molecular weight is 339 g/mol. The number of hydrogen-bond acceptors (Lipinski definition) is 5. The lowest BCUT2D eigenvalue weighted by atomic mass is 10.2. The first-order valence-electron chi connectivity index (χ1n) is 8.05. The Kier molecular flexibility index (Phi) is 4.61. The molecule has 2 aromatic carbocycles. The van der Waals surface area contributed by atoms with Crippen molar-refractivity contribution in [2.75, 3.05) is 36.3 Å². The summed E-state index contributed by atoms with van der Waals surface area (Å²) in [7, 11) is 5.45. The monoisotopic (exact) mass is 339 g/mol. The molecule has 1 aliphatic heterocycles. The van der Waals surface area contributed by atoms with E-state index in [1.807, 2.05) is 43.3 Å². The number of carbonyl (C=O) groups excluding carboxylic acids is 2. The van der Waals surface area contributed by atoms with Gasteiger partial charge >= 0.3 is 0 Å². The molecule has 0 aliphatic carbocycles. The second kappa shape index (κ2) is 6.84. The quantitative estimate of drug-likeness (QED) is 0.848. The molecule has 3 rings (SSSR count). The number of benzene rings is 2. The van der Waals surface area contributed by atoms with E-state index in [1.54, 1.807) is 24.3 Å². The maximum absolute atomic E-state index is 12.7. The molecule has 0 bridgehead atoms. The molecule has 1 fully saturated rings. The Labute approximate surface area is 147 Å². The number of hydrogen-bond donors (Lipinski definition) is 1. The lowest BCUT2D eigenvalue weighted by molar-refractivity contribution is -0.121. The number of ether oxygens (including phenoxy) is 1. The zero-order chi connectivity index (χ0) is 18.0. The molecule has 130 valence electrons. The molecule has 1 atom stereocenters. The number of para-hydroxylation sites is 2. The number of methoxy groups -OCH3 is 1. The molecule has 0 unspecified atom stereocenters. The van der Waals surface area contributed by atoms with Gasteiger partial charge in [-0.05, 0) is 36.4 Å². The van der Waals surface area contributed by atoms with Crippen LogP contribution < -0.4 is 19.9 Å². The van der Waals surface area contributed by atoms with Gasteiger partial charge in [-0.25, -0.2) is 4.90 Å². The highest BCUT2D eigenvalue weighted by Crippen LogP contribution is 2.32. The van der Waals surface area contributed by atoms with Gasteiger partial charge in [0.2, 0.25) is 5.91 Å². The lowest BCUT2D eigenvalue weighted by Crippen LogP contribution is -2.35. The molecular weight excluding hydrogens is 318 g/mol. The van der Waals surface area contributed by atoms with Crippen LogP contribution in [0.2, 0.25) is 0 Å². The van der Waals surface area contributed by atoms with E-state index < -0.39 is 6.04 Å². The molecule has 6 heteroatoms. The maximum atomic E-state index is 12.7. The normalized spacial score (nSPS) is 16.9. The number of nitrogens with one attached hydrogen (secondary N) is 1. The van der Waals surface area contributed by atoms with Gasteiger partial charge in [-0.2, -0.15) is 0 Å². The first-order valence-corrected chi connectivity index (χ1v) is 8.05. The molecule has 1 N–H and O–H groups in total. The molecule has 0 aromatic heterocycles. The van der Waals surface area contributed by atoms with Crippen LogP contribution in [0.15, 0.2) is 48.5 Å². The third-order valence-corrected chi connectivity index (χ3v) is 4.20. The van der Waals surface area contributed by atoms with Gasteiger partial charge in [0.05, 0.1) is 19.2 Å². The molecule has 25 heavy (non-hydrogen) atoms. The number of imide groups is 1. The first-order chi connectivity index (χ1) is 12.0. The van der Waals surface area contributed by atoms with Crippen molar-refractivity contribution in [3.05, 3.63) is 48.5 Å². The summed E-state index contributed by atoms with van der Waals surface area (Å²) in [5.41, 5.74) is 2.35. The minimum absolute atomic E-state index is 0.117. The van der Waals surface area contributed by atoms with Crippen LogP contribution in [0.3, 0.4) is 0 Å². The highest BCUT2D eigenvalue weighted by molar-refractivity contribution is 6.23. The van der Waals surface area contributed by atoms with Crippen LogP contribution in [-0.2, 0) is 9.59 Å². The highest BCUT2D eigenvalue weighted by Gasteiger charge is 2.40. The van der Waals surface area contributed by atoms with Crippen LogP contribution in [0.4, 0.5) is 17.1 Å². The summed E-state index contributed by atoms with van der Waals surface area (Å²) in [5.74, 6) is -0.0108. The first kappa shape index (κ1) is 16.8. The van der Waals surface area contributed by atoms with Crippen molar-refractivity contribution in [2.45, 2.75) is 12.5 Å². The van der Waals surface area contributed by atoms with E-state index in [9.17, 15) is 9.59 Å². The van der Waals surface area contributed by atoms with Gasteiger partial charge in [-0.3, -0.25) is 9.59 Å². The minimum atomic E-state index is -0.581. The van der Waals surface area contributed by atoms with E-state index >= 15 is 0 Å². The van der Waals surface area contributed by atoms with Crippen molar-refractivity contribution < 1.29 is 14.3 Å². The third-order valence-electron chi connectivity index (χ3n) is 4.20. The van der Waals surface area contributed by atoms with Crippen molar-refractivity contribution in [1.29, 1.82) is 0 Å². The summed E-state index contributed by atoms with van der Waals surface area (Å²) in [6, 6.07) is 14.2. The van der Waals surface area contributed by atoms with Crippen LogP contribution in [-0.4, -0.2) is 39.1 Å². The minimum Gasteiger partial charge on any atom is -0.495 e. The number of rotatable bonds is 5. The predicted octanol–water partition coefficient (Wildman–Crippen LogP) is 2.51. The van der Waals surface area contributed by atoms with E-state index in [1.165, 1.54) is 12.0 Å². The van der Waals surface area contributed by atoms with E-state index in [-0.39, 0.29) is 18.2 Å². The Hall–Kier alpha value is -3.02. The zero-order valence-electron chi connectivity index (χ0n) is 14.5. The standard InChI is InChI=1S/C19H21N3O3/c1-21(2)14-10-8-13(9-11-14)20-15-12-18(23)22(19(15)24)16-6-4-5-7-17(16)25-3/h4-11,15,20H,12H2,1-3H3/t15-/m0/s1. The Morgan fingerprint density at radius 3 is 2.40 bits per heavy atom. The second-order valence-corrected chi connectivity index (χ2v) is 6.08. The molecular formula is C19H21N3O3. The van der Waals surface area contributed by atoms with E-state index in [0.717, 1.165) is 11.4 Å². The van der Waals surface area contributed by atoms with Crippen molar-refractivity contribution in [3.8, 4) is 5.75 Å². The Morgan fingerprint density at radius 2 is 1.76 bits per heavy atom. The zero-order valence-corrected chi connectivity index (χ0v) is 14.5. The Bertz CT molecular complexity index is 787. The van der Waals surface area contributed by atoms with Gasteiger partial charge in [0.25, 0.3) is 5.91 Å². The number of carbonyl (C=O) groups is 2. The molecule has 0 saturated carbocycles. The SMILES string of the molecule is COc1ccccc1N1C(=O)C[C@H](Nc2ccc(N(C)C)cc2)C1=O. The average Bonchev–Trinajstić information content (AvgIpc) is 2.89. The van der Waals surface area contributed by atoms with Crippen molar-refractivity contribution in [3.63, 3.8) is 0 Å². The van der Waals surface area contributed by atoms with E-state index in [0.29, 0.717) is 11.4 Å². The third kappa shape index (κ3) is 3.28. The van der Waals surface area contributed by atoms with Gasteiger partial charge in [-0.15, -0.1) is 0 Å². The van der Waals surface area contributed by atoms with Crippen LogP contribution >= 0.6 is 0 Å². The molecule has 2 amide bonds. The number of amides is 2. The number of nitrogens with zero attached hydrogens (tertiary/aromatic N) is 2. The molecule has 0 radical (unpaired) electrons. The fourth-order valence-corrected chi connectivity index (χ4v) is 2.87. The summed E-state index contributed by atoms with van der Waals surface area (Å²) < 4.78 is 5.27. The summed E-state index contributed by atoms with van der Waals surface area (Å²) in [4.78, 5) is 28.3. The predicted molar refractivity (Wildman–Crippen MR) is 98.3 cm³/mol. The molecule has 0 spiro atoms. The molecule has 6 nitrogen and oxygen atoms in total. The largest absolute Gasteiger partial charge is 0.495 e. The van der Waals surface area contributed by atoms with Gasteiger partial charge < -0.3 is 15.0 Å². The topological polar surface area (TPSA) is 61.9 Å². The summed E-state index contributed by atoms with van der Waals surface area (Å²) in [6.07, 6.45) is 0.117. The van der Waals surface area contributed by atoms with Crippen LogP contribution in [0, 0.1) is 0 Å². The van der Waals surface area contributed by atoms with Crippen LogP contribution in [0.5, 0.6) is 5.75 Å². The van der Waals surface area contributed by atoms with E-state index in [4.69, 9.17) is 4.74 Å². The van der Waals surface area contributed by atoms with E-state index in [2.05, 4.69) is 5.32 Å². The van der Waals surface area contributed by atoms with Crippen molar-refractivity contribution in [2.24, 2.45) is 0 Å². The summed E-state index contributed by atoms with van der Waals surface area (Å²) in [6.45, 7) is 0. The summed E-state index contributed by atoms with van der Waals surface area (Å²) >= 11 is 0. The van der Waals surface area contributed by atoms with Gasteiger partial charge in [0.1, 0.15) is 11.8 Å². The highest BCUT2D eigenvalue weighted by atomic mass is 16.5. The smallest absolute Gasteiger partial charge is 0.256 e. The van der Waals surface area contributed by atoms with Gasteiger partial charge in [0.15, 0.2) is 0 Å². The maximum Gasteiger partial charge on any atom is 0.256 e. The lowest BCUT2D eigenvalue weighted by Gasteiger charge is -2.19. The van der Waals surface area contributed by atoms with Crippen LogP contribution in [0.25, 0.3) is 0 Å². The molecule has 1 aliphatic rings. The Balaban J connectivity index is 1.79. The van der Waals surface area contributed by atoms with Crippen LogP contribution in [0.1, 0.15) is 6.42 Å². The van der Waals surface area contributed by atoms with Gasteiger partial charge in [0, 0.05) is 25.5 Å². The molecule has 1 heterocycles. The summed E-state index contributed by atoms with van der Waals surface area (Å²) in [5, 5.41) is 3.15. The molecule has 2 aromatic rings. The van der Waals surface area contributed by atoms with Crippen molar-refractivity contribution >= 4 is 28.9 Å². The second-order valence-electron chi connectivity index (χ2n) is 6.08.